The number of thiophene rings is 1. The number of ether oxygens (including phenoxy) is 1. The third-order valence-corrected chi connectivity index (χ3v) is 6.00. The molecule has 0 spiro atoms. The standard InChI is InChI=1S/C21H24ClN3O4S/c1-21(2,3)29-19(27)11-4-9-14-15(10-11)30-18(16(14)17(23)26)25-20(28)24-13-7-5-12(22)6-8-13/h5-8,11H,4,9-10H2,1-3H3,(H2,23,26)(H2,24,25,28). The van der Waals surface area contributed by atoms with E-state index in [1.165, 1.54) is 11.3 Å². The van der Waals surface area contributed by atoms with Crippen molar-refractivity contribution in [2.75, 3.05) is 10.6 Å². The van der Waals surface area contributed by atoms with Gasteiger partial charge in [0.05, 0.1) is 11.5 Å². The number of rotatable bonds is 4. The van der Waals surface area contributed by atoms with Crippen molar-refractivity contribution in [3.63, 3.8) is 0 Å². The fourth-order valence-electron chi connectivity index (χ4n) is 3.32. The SMILES string of the molecule is CC(C)(C)OC(=O)C1CCc2c(sc(NC(=O)Nc3ccc(Cl)cc3)c2C(N)=O)C1. The van der Waals surface area contributed by atoms with E-state index < -0.39 is 17.5 Å². The van der Waals surface area contributed by atoms with Crippen LogP contribution in [0.2, 0.25) is 5.02 Å². The molecule has 2 aromatic rings. The number of carbonyl (C=O) groups is 3. The Morgan fingerprint density at radius 1 is 1.17 bits per heavy atom. The van der Waals surface area contributed by atoms with Crippen molar-refractivity contribution in [1.29, 1.82) is 0 Å². The predicted molar refractivity (Wildman–Crippen MR) is 118 cm³/mol. The fourth-order valence-corrected chi connectivity index (χ4v) is 4.77. The van der Waals surface area contributed by atoms with E-state index in [1.54, 1.807) is 24.3 Å². The molecule has 1 heterocycles. The van der Waals surface area contributed by atoms with Crippen molar-refractivity contribution in [2.24, 2.45) is 11.7 Å². The number of urea groups is 1. The molecule has 1 aromatic carbocycles. The summed E-state index contributed by atoms with van der Waals surface area (Å²) in [7, 11) is 0. The van der Waals surface area contributed by atoms with Crippen LogP contribution in [0, 0.1) is 5.92 Å². The molecule has 3 rings (SSSR count). The van der Waals surface area contributed by atoms with E-state index in [9.17, 15) is 14.4 Å². The van der Waals surface area contributed by atoms with Gasteiger partial charge in [-0.05, 0) is 69.9 Å². The van der Waals surface area contributed by atoms with E-state index in [-0.39, 0.29) is 11.9 Å². The van der Waals surface area contributed by atoms with Gasteiger partial charge in [0.15, 0.2) is 0 Å². The van der Waals surface area contributed by atoms with Crippen molar-refractivity contribution in [3.05, 3.63) is 45.3 Å². The monoisotopic (exact) mass is 449 g/mol. The number of carbonyl (C=O) groups excluding carboxylic acids is 3. The number of anilines is 2. The number of halogens is 1. The largest absolute Gasteiger partial charge is 0.460 e. The summed E-state index contributed by atoms with van der Waals surface area (Å²) in [6, 6.07) is 6.16. The summed E-state index contributed by atoms with van der Waals surface area (Å²) in [4.78, 5) is 37.8. The number of esters is 1. The van der Waals surface area contributed by atoms with Gasteiger partial charge in [-0.15, -0.1) is 11.3 Å². The molecule has 160 valence electrons. The van der Waals surface area contributed by atoms with E-state index in [4.69, 9.17) is 22.1 Å². The lowest BCUT2D eigenvalue weighted by molar-refractivity contribution is -0.160. The van der Waals surface area contributed by atoms with Gasteiger partial charge in [0.1, 0.15) is 10.6 Å². The van der Waals surface area contributed by atoms with Crippen molar-refractivity contribution in [1.82, 2.24) is 0 Å². The number of primary amides is 1. The highest BCUT2D eigenvalue weighted by molar-refractivity contribution is 7.17. The molecule has 1 aliphatic rings. The Hall–Kier alpha value is -2.58. The lowest BCUT2D eigenvalue weighted by Gasteiger charge is -2.26. The molecule has 3 amide bonds. The Labute approximate surface area is 183 Å². The van der Waals surface area contributed by atoms with Crippen LogP contribution < -0.4 is 16.4 Å². The number of nitrogens with two attached hydrogens (primary N) is 1. The van der Waals surface area contributed by atoms with Gasteiger partial charge >= 0.3 is 12.0 Å². The first-order valence-electron chi connectivity index (χ1n) is 9.54. The molecule has 7 nitrogen and oxygen atoms in total. The third-order valence-electron chi connectivity index (χ3n) is 4.58. The van der Waals surface area contributed by atoms with E-state index in [1.807, 2.05) is 20.8 Å². The Balaban J connectivity index is 1.77. The van der Waals surface area contributed by atoms with Crippen LogP contribution in [0.5, 0.6) is 0 Å². The average Bonchev–Trinajstić information content (AvgIpc) is 2.99. The predicted octanol–water partition coefficient (Wildman–Crippen LogP) is 4.59. The second-order valence-electron chi connectivity index (χ2n) is 8.13. The summed E-state index contributed by atoms with van der Waals surface area (Å²) >= 11 is 7.12. The number of nitrogens with one attached hydrogen (secondary N) is 2. The van der Waals surface area contributed by atoms with Crippen LogP contribution in [0.25, 0.3) is 0 Å². The third kappa shape index (κ3) is 5.31. The first-order chi connectivity index (χ1) is 14.0. The zero-order valence-corrected chi connectivity index (χ0v) is 18.6. The van der Waals surface area contributed by atoms with Crippen LogP contribution in [0.1, 0.15) is 48.0 Å². The summed E-state index contributed by atoms with van der Waals surface area (Å²) in [5.74, 6) is -1.14. The van der Waals surface area contributed by atoms with Crippen molar-refractivity contribution in [2.45, 2.75) is 45.6 Å². The Morgan fingerprint density at radius 3 is 2.43 bits per heavy atom. The molecule has 1 unspecified atom stereocenters. The normalized spacial score (nSPS) is 15.8. The van der Waals surface area contributed by atoms with Gasteiger partial charge < -0.3 is 15.8 Å². The molecule has 0 radical (unpaired) electrons. The Morgan fingerprint density at radius 2 is 1.83 bits per heavy atom. The van der Waals surface area contributed by atoms with Crippen LogP contribution in [0.3, 0.4) is 0 Å². The summed E-state index contributed by atoms with van der Waals surface area (Å²) < 4.78 is 5.50. The van der Waals surface area contributed by atoms with Gasteiger partial charge in [0.2, 0.25) is 0 Å². The molecular weight excluding hydrogens is 426 g/mol. The number of amides is 3. The Kier molecular flexibility index (Phi) is 6.38. The van der Waals surface area contributed by atoms with Gasteiger partial charge in [-0.2, -0.15) is 0 Å². The molecule has 1 atom stereocenters. The quantitative estimate of drug-likeness (QED) is 0.592. The molecule has 4 N–H and O–H groups in total. The molecular formula is C21H24ClN3O4S. The van der Waals surface area contributed by atoms with Crippen molar-refractivity contribution < 1.29 is 19.1 Å². The first-order valence-corrected chi connectivity index (χ1v) is 10.7. The van der Waals surface area contributed by atoms with Gasteiger partial charge in [-0.1, -0.05) is 11.6 Å². The molecule has 0 bridgehead atoms. The van der Waals surface area contributed by atoms with Crippen LogP contribution in [0.4, 0.5) is 15.5 Å². The second kappa shape index (κ2) is 8.65. The highest BCUT2D eigenvalue weighted by Crippen LogP contribution is 2.40. The summed E-state index contributed by atoms with van der Waals surface area (Å²) in [5, 5.41) is 6.34. The van der Waals surface area contributed by atoms with Gasteiger partial charge in [-0.25, -0.2) is 4.79 Å². The lowest BCUT2D eigenvalue weighted by Crippen LogP contribution is -2.31. The fraction of sp³-hybridized carbons (Fsp3) is 0.381. The van der Waals surface area contributed by atoms with Gasteiger partial charge in [0.25, 0.3) is 5.91 Å². The molecule has 0 saturated carbocycles. The van der Waals surface area contributed by atoms with Crippen LogP contribution >= 0.6 is 22.9 Å². The minimum absolute atomic E-state index is 0.253. The van der Waals surface area contributed by atoms with E-state index in [0.29, 0.717) is 40.5 Å². The number of benzene rings is 1. The Bertz CT molecular complexity index is 979. The number of fused-ring (bicyclic) bond motifs is 1. The molecule has 9 heteroatoms. The lowest BCUT2D eigenvalue weighted by atomic mass is 9.87. The molecule has 0 fully saturated rings. The topological polar surface area (TPSA) is 111 Å². The van der Waals surface area contributed by atoms with Crippen LogP contribution in [-0.2, 0) is 22.4 Å². The second-order valence-corrected chi connectivity index (χ2v) is 9.67. The summed E-state index contributed by atoms with van der Waals surface area (Å²) in [6.07, 6.45) is 1.54. The van der Waals surface area contributed by atoms with Crippen molar-refractivity contribution >= 4 is 51.5 Å². The average molecular weight is 450 g/mol. The summed E-state index contributed by atoms with van der Waals surface area (Å²) in [5.41, 5.74) is 6.71. The van der Waals surface area contributed by atoms with E-state index in [0.717, 1.165) is 10.4 Å². The highest BCUT2D eigenvalue weighted by Gasteiger charge is 2.33. The number of hydrogen-bond donors (Lipinski definition) is 3. The molecule has 0 saturated heterocycles. The molecule has 1 aliphatic carbocycles. The van der Waals surface area contributed by atoms with Crippen LogP contribution in [-0.4, -0.2) is 23.5 Å². The number of hydrogen-bond acceptors (Lipinski definition) is 5. The first kappa shape index (κ1) is 22.1. The zero-order chi connectivity index (χ0) is 22.1. The maximum atomic E-state index is 12.5. The van der Waals surface area contributed by atoms with Crippen LogP contribution in [0.15, 0.2) is 24.3 Å². The van der Waals surface area contributed by atoms with Gasteiger partial charge in [0, 0.05) is 15.6 Å². The highest BCUT2D eigenvalue weighted by atomic mass is 35.5. The van der Waals surface area contributed by atoms with Crippen molar-refractivity contribution in [3.8, 4) is 0 Å². The molecule has 30 heavy (non-hydrogen) atoms. The zero-order valence-electron chi connectivity index (χ0n) is 17.0. The summed E-state index contributed by atoms with van der Waals surface area (Å²) in [6.45, 7) is 5.49. The molecule has 1 aromatic heterocycles. The van der Waals surface area contributed by atoms with Gasteiger partial charge in [-0.3, -0.25) is 14.9 Å². The maximum absolute atomic E-state index is 12.5. The van der Waals surface area contributed by atoms with E-state index in [2.05, 4.69) is 10.6 Å². The van der Waals surface area contributed by atoms with E-state index >= 15 is 0 Å². The minimum atomic E-state index is -0.606. The minimum Gasteiger partial charge on any atom is -0.460 e. The maximum Gasteiger partial charge on any atom is 0.324 e. The smallest absolute Gasteiger partial charge is 0.324 e. The molecule has 0 aliphatic heterocycles.